The lowest BCUT2D eigenvalue weighted by atomic mass is 9.79. The van der Waals surface area contributed by atoms with Crippen LogP contribution in [0.1, 0.15) is 52.8 Å². The van der Waals surface area contributed by atoms with Gasteiger partial charge in [-0.2, -0.15) is 0 Å². The maximum atomic E-state index is 13.2. The molecule has 0 aliphatic carbocycles. The van der Waals surface area contributed by atoms with Crippen LogP contribution in [-0.2, 0) is 4.79 Å². The van der Waals surface area contributed by atoms with Crippen molar-refractivity contribution in [2.24, 2.45) is 11.8 Å². The van der Waals surface area contributed by atoms with Gasteiger partial charge in [0, 0.05) is 24.2 Å². The first-order valence-electron chi connectivity index (χ1n) is 10.2. The number of nitrogens with one attached hydrogen (secondary N) is 1. The summed E-state index contributed by atoms with van der Waals surface area (Å²) in [6.45, 7) is 3.50. The van der Waals surface area contributed by atoms with Gasteiger partial charge in [-0.1, -0.05) is 12.1 Å². The maximum absolute atomic E-state index is 13.2. The molecule has 1 atom stereocenters. The molecular formula is C21H27N3O4. The summed E-state index contributed by atoms with van der Waals surface area (Å²) in [5.74, 6) is -0.296. The Kier molecular flexibility index (Phi) is 5.46. The summed E-state index contributed by atoms with van der Waals surface area (Å²) < 4.78 is 0. The zero-order chi connectivity index (χ0) is 19.7. The summed E-state index contributed by atoms with van der Waals surface area (Å²) in [7, 11) is 0. The molecule has 1 aromatic carbocycles. The van der Waals surface area contributed by atoms with E-state index in [4.69, 9.17) is 0 Å². The third kappa shape index (κ3) is 3.69. The quantitative estimate of drug-likeness (QED) is 0.821. The van der Waals surface area contributed by atoms with E-state index < -0.39 is 12.0 Å². The van der Waals surface area contributed by atoms with Gasteiger partial charge >= 0.3 is 5.97 Å². The van der Waals surface area contributed by atoms with Crippen molar-refractivity contribution in [2.75, 3.05) is 26.2 Å². The second kappa shape index (κ2) is 8.01. The highest BCUT2D eigenvalue weighted by molar-refractivity contribution is 6.09. The van der Waals surface area contributed by atoms with Crippen LogP contribution in [-0.4, -0.2) is 65.0 Å². The summed E-state index contributed by atoms with van der Waals surface area (Å²) in [5.41, 5.74) is 0.850. The highest BCUT2D eigenvalue weighted by atomic mass is 16.4. The van der Waals surface area contributed by atoms with Gasteiger partial charge in [-0.05, 0) is 62.7 Å². The van der Waals surface area contributed by atoms with Gasteiger partial charge in [-0.3, -0.25) is 19.4 Å². The smallest absolute Gasteiger partial charge is 0.305 e. The predicted molar refractivity (Wildman–Crippen MR) is 103 cm³/mol. The van der Waals surface area contributed by atoms with E-state index in [1.54, 1.807) is 24.3 Å². The Balaban J connectivity index is 1.54. The average molecular weight is 385 g/mol. The number of rotatable bonds is 4. The number of hydrazine groups is 1. The summed E-state index contributed by atoms with van der Waals surface area (Å²) in [6, 6.07) is 5.63. The van der Waals surface area contributed by atoms with Gasteiger partial charge in [0.25, 0.3) is 5.91 Å². The molecule has 2 saturated heterocycles. The van der Waals surface area contributed by atoms with E-state index in [2.05, 4.69) is 5.32 Å². The van der Waals surface area contributed by atoms with Crippen LogP contribution in [0.4, 0.5) is 0 Å². The van der Waals surface area contributed by atoms with E-state index in [1.165, 1.54) is 17.9 Å². The Bertz CT molecular complexity index is 767. The van der Waals surface area contributed by atoms with Gasteiger partial charge in [-0.25, -0.2) is 5.01 Å². The molecule has 0 spiro atoms. The molecule has 7 heteroatoms. The lowest BCUT2D eigenvalue weighted by Gasteiger charge is -2.44. The largest absolute Gasteiger partial charge is 0.481 e. The van der Waals surface area contributed by atoms with Crippen LogP contribution < -0.4 is 5.32 Å². The average Bonchev–Trinajstić information content (AvgIpc) is 2.79. The zero-order valence-electron chi connectivity index (χ0n) is 16.0. The van der Waals surface area contributed by atoms with Crippen LogP contribution in [0.2, 0.25) is 0 Å². The molecule has 3 aliphatic heterocycles. The molecule has 2 N–H and O–H groups in total. The Morgan fingerprint density at radius 1 is 1.04 bits per heavy atom. The molecule has 0 radical (unpaired) electrons. The fourth-order valence-corrected chi connectivity index (χ4v) is 4.94. The molecule has 150 valence electrons. The summed E-state index contributed by atoms with van der Waals surface area (Å²) in [5, 5.41) is 16.1. The van der Waals surface area contributed by atoms with Gasteiger partial charge < -0.3 is 10.4 Å². The van der Waals surface area contributed by atoms with Crippen LogP contribution >= 0.6 is 0 Å². The highest BCUT2D eigenvalue weighted by Gasteiger charge is 2.41. The molecule has 1 aromatic rings. The van der Waals surface area contributed by atoms with E-state index in [-0.39, 0.29) is 18.1 Å². The predicted octanol–water partition coefficient (Wildman–Crippen LogP) is 1.80. The van der Waals surface area contributed by atoms with Crippen molar-refractivity contribution in [3.05, 3.63) is 35.4 Å². The lowest BCUT2D eigenvalue weighted by molar-refractivity contribution is -0.139. The molecule has 3 heterocycles. The normalized spacial score (nSPS) is 25.0. The van der Waals surface area contributed by atoms with Crippen molar-refractivity contribution in [3.63, 3.8) is 0 Å². The van der Waals surface area contributed by atoms with Crippen LogP contribution in [0.5, 0.6) is 0 Å². The zero-order valence-corrected chi connectivity index (χ0v) is 16.0. The van der Waals surface area contributed by atoms with Gasteiger partial charge in [0.05, 0.1) is 6.42 Å². The van der Waals surface area contributed by atoms with Gasteiger partial charge in [0.15, 0.2) is 5.78 Å². The number of carboxylic acid groups (broad SMARTS) is 1. The fourth-order valence-electron chi connectivity index (χ4n) is 4.94. The van der Waals surface area contributed by atoms with Crippen LogP contribution in [0.3, 0.4) is 0 Å². The number of hydrogen-bond donors (Lipinski definition) is 2. The number of amides is 1. The molecule has 0 unspecified atom stereocenters. The Hall–Kier alpha value is -2.25. The fraction of sp³-hybridized carbons (Fsp3) is 0.571. The highest BCUT2D eigenvalue weighted by Crippen LogP contribution is 2.33. The van der Waals surface area contributed by atoms with Crippen LogP contribution in [0.15, 0.2) is 24.3 Å². The first-order chi connectivity index (χ1) is 13.5. The molecule has 3 aliphatic rings. The van der Waals surface area contributed by atoms with Gasteiger partial charge in [0.2, 0.25) is 0 Å². The second-order valence-electron chi connectivity index (χ2n) is 8.09. The van der Waals surface area contributed by atoms with E-state index in [0.717, 1.165) is 31.8 Å². The van der Waals surface area contributed by atoms with Gasteiger partial charge in [0.1, 0.15) is 6.04 Å². The molecule has 28 heavy (non-hydrogen) atoms. The molecule has 4 rings (SSSR count). The number of carbonyl (C=O) groups is 3. The Labute approximate surface area is 164 Å². The van der Waals surface area contributed by atoms with E-state index in [9.17, 15) is 19.5 Å². The molecule has 2 fully saturated rings. The molecule has 1 amide bonds. The molecular weight excluding hydrogens is 358 g/mol. The van der Waals surface area contributed by atoms with E-state index in [1.807, 2.05) is 5.01 Å². The number of benzene rings is 1. The number of carbonyl (C=O) groups excluding carboxylic acids is 2. The third-order valence-corrected chi connectivity index (χ3v) is 6.44. The van der Waals surface area contributed by atoms with E-state index in [0.29, 0.717) is 30.1 Å². The Morgan fingerprint density at radius 3 is 2.36 bits per heavy atom. The van der Waals surface area contributed by atoms with Crippen molar-refractivity contribution in [2.45, 2.75) is 38.1 Å². The SMILES string of the molecule is O=C(O)C[C@H]1C(=O)c2cccc(c2)C(=O)N1N1CCC(C2CCNCC2)CC1. The molecule has 0 aromatic heterocycles. The van der Waals surface area contributed by atoms with Crippen molar-refractivity contribution < 1.29 is 19.5 Å². The Morgan fingerprint density at radius 2 is 1.68 bits per heavy atom. The van der Waals surface area contributed by atoms with Crippen LogP contribution in [0.25, 0.3) is 0 Å². The van der Waals surface area contributed by atoms with E-state index >= 15 is 0 Å². The number of piperidine rings is 2. The van der Waals surface area contributed by atoms with Gasteiger partial charge in [-0.15, -0.1) is 0 Å². The summed E-state index contributed by atoms with van der Waals surface area (Å²) in [4.78, 5) is 37.6. The number of nitrogens with zero attached hydrogens (tertiary/aromatic N) is 2. The number of ketones is 1. The van der Waals surface area contributed by atoms with Crippen molar-refractivity contribution in [1.29, 1.82) is 0 Å². The molecule has 2 bridgehead atoms. The van der Waals surface area contributed by atoms with Crippen molar-refractivity contribution in [3.8, 4) is 0 Å². The number of hydrogen-bond acceptors (Lipinski definition) is 5. The first kappa shape index (κ1) is 19.1. The monoisotopic (exact) mass is 385 g/mol. The lowest BCUT2D eigenvalue weighted by Crippen LogP contribution is -2.57. The summed E-state index contributed by atoms with van der Waals surface area (Å²) >= 11 is 0. The number of aliphatic carboxylic acids is 1. The topological polar surface area (TPSA) is 89.9 Å². The van der Waals surface area contributed by atoms with Crippen LogP contribution in [0, 0.1) is 11.8 Å². The minimum atomic E-state index is -1.07. The minimum Gasteiger partial charge on any atom is -0.481 e. The summed E-state index contributed by atoms with van der Waals surface area (Å²) in [6.07, 6.45) is 3.95. The molecule has 0 saturated carbocycles. The van der Waals surface area contributed by atoms with Crippen molar-refractivity contribution >= 4 is 17.7 Å². The standard InChI is InChI=1S/C21H27N3O4/c25-19(26)13-18-20(27)16-2-1-3-17(12-16)21(28)24(18)23-10-6-15(7-11-23)14-4-8-22-9-5-14/h1-3,12,14-15,18,22H,4-11,13H2,(H,25,26)/t18-/m0/s1. The maximum Gasteiger partial charge on any atom is 0.305 e. The molecule has 7 nitrogen and oxygen atoms in total. The number of Topliss-reactive ketones (excluding diaryl/α,β-unsaturated/α-hetero) is 1. The second-order valence-corrected chi connectivity index (χ2v) is 8.09. The minimum absolute atomic E-state index is 0.278. The third-order valence-electron chi connectivity index (χ3n) is 6.44. The number of fused-ring (bicyclic) bond motifs is 2. The number of carboxylic acids is 1. The first-order valence-corrected chi connectivity index (χ1v) is 10.2. The van der Waals surface area contributed by atoms with Crippen molar-refractivity contribution in [1.82, 2.24) is 15.3 Å².